The summed E-state index contributed by atoms with van der Waals surface area (Å²) in [6, 6.07) is 1.43. The molecule has 0 aromatic carbocycles. The molecule has 1 atom stereocenters. The van der Waals surface area contributed by atoms with E-state index in [1.807, 2.05) is 6.92 Å². The van der Waals surface area contributed by atoms with Gasteiger partial charge in [0.1, 0.15) is 13.6 Å². The largest absolute Gasteiger partial charge is 0.470 e. The molecule has 1 unspecified atom stereocenters. The maximum atomic E-state index is 8.22. The summed E-state index contributed by atoms with van der Waals surface area (Å²) in [5, 5.41) is 3.56. The van der Waals surface area contributed by atoms with Gasteiger partial charge in [-0.1, -0.05) is 17.5 Å². The van der Waals surface area contributed by atoms with Gasteiger partial charge in [-0.2, -0.15) is 0 Å². The Balaban J connectivity index is 2.86. The lowest BCUT2D eigenvalue weighted by atomic mass is 9.99. The van der Waals surface area contributed by atoms with Crippen LogP contribution in [0.15, 0.2) is 21.9 Å². The first-order valence-electron chi connectivity index (χ1n) is 3.66. The van der Waals surface area contributed by atoms with E-state index in [0.717, 1.165) is 0 Å². The molecule has 2 radical (unpaired) electrons. The summed E-state index contributed by atoms with van der Waals surface area (Å²) >= 11 is 0. The van der Waals surface area contributed by atoms with E-state index in [4.69, 9.17) is 17.8 Å². The zero-order valence-corrected chi connectivity index (χ0v) is 6.77. The molecule has 1 aromatic heterocycles. The van der Waals surface area contributed by atoms with Crippen molar-refractivity contribution in [3.8, 4) is 0 Å². The van der Waals surface area contributed by atoms with Crippen LogP contribution in [0, 0.1) is 0 Å². The predicted octanol–water partition coefficient (Wildman–Crippen LogP) is 1.83. The number of rotatable bonds is 3. The lowest BCUT2D eigenvalue weighted by Crippen LogP contribution is -1.95. The molecule has 0 aliphatic rings. The van der Waals surface area contributed by atoms with Crippen molar-refractivity contribution in [1.29, 1.82) is 0 Å². The fourth-order valence-electron chi connectivity index (χ4n) is 0.945. The minimum Gasteiger partial charge on any atom is -0.470 e. The molecule has 0 spiro atoms. The summed E-state index contributed by atoms with van der Waals surface area (Å²) in [5.74, 6) is 0.618. The third-order valence-electron chi connectivity index (χ3n) is 1.55. The third kappa shape index (κ3) is 1.83. The van der Waals surface area contributed by atoms with Gasteiger partial charge in [-0.05, 0) is 18.0 Å². The zero-order valence-electron chi connectivity index (χ0n) is 6.77. The molecule has 0 saturated carbocycles. The summed E-state index contributed by atoms with van der Waals surface area (Å²) in [7, 11) is 5.44. The second-order valence-corrected chi connectivity index (χ2v) is 2.41. The lowest BCUT2D eigenvalue weighted by Gasteiger charge is -2.01. The molecule has 1 aromatic rings. The smallest absolute Gasteiger partial charge is 0.118 e. The third-order valence-corrected chi connectivity index (χ3v) is 1.55. The van der Waals surface area contributed by atoms with Gasteiger partial charge in [0.25, 0.3) is 0 Å². The molecular weight excluding hydrogens is 153 g/mol. The van der Waals surface area contributed by atoms with Crippen LogP contribution < -0.4 is 5.46 Å². The first kappa shape index (κ1) is 8.75. The highest BCUT2D eigenvalue weighted by molar-refractivity contribution is 6.32. The average molecular weight is 161 g/mol. The topological polar surface area (TPSA) is 61.9 Å². The molecule has 5 heteroatoms. The Hall–Kier alpha value is -1.35. The van der Waals surface area contributed by atoms with E-state index < -0.39 is 0 Å². The van der Waals surface area contributed by atoms with E-state index in [0.29, 0.717) is 17.6 Å². The molecule has 1 rings (SSSR count). The molecule has 0 fully saturated rings. The number of furan rings is 1. The van der Waals surface area contributed by atoms with Crippen molar-refractivity contribution in [3.05, 3.63) is 28.5 Å². The molecule has 0 aliphatic carbocycles. The van der Waals surface area contributed by atoms with Gasteiger partial charge in [0, 0.05) is 4.91 Å². The Kier molecular flexibility index (Phi) is 2.83. The molecule has 0 N–H and O–H groups in total. The van der Waals surface area contributed by atoms with Crippen molar-refractivity contribution in [1.82, 2.24) is 0 Å². The average Bonchev–Trinajstić information content (AvgIpc) is 2.47. The monoisotopic (exact) mass is 161 g/mol. The van der Waals surface area contributed by atoms with E-state index in [1.165, 1.54) is 6.26 Å². The van der Waals surface area contributed by atoms with Crippen LogP contribution in [0.5, 0.6) is 0 Å². The first-order valence-corrected chi connectivity index (χ1v) is 3.66. The van der Waals surface area contributed by atoms with Gasteiger partial charge in [-0.3, -0.25) is 0 Å². The highest BCUT2D eigenvalue weighted by Crippen LogP contribution is 2.20. The van der Waals surface area contributed by atoms with Crippen LogP contribution in [0.1, 0.15) is 25.1 Å². The zero-order chi connectivity index (χ0) is 8.97. The summed E-state index contributed by atoms with van der Waals surface area (Å²) in [5.41, 5.74) is 8.77. The fraction of sp³-hybridized carbons (Fsp3) is 0.429. The van der Waals surface area contributed by atoms with Crippen molar-refractivity contribution in [2.75, 3.05) is 0 Å². The highest BCUT2D eigenvalue weighted by atomic mass is 16.3. The molecule has 0 bridgehead atoms. The van der Waals surface area contributed by atoms with Crippen molar-refractivity contribution in [2.45, 2.75) is 19.4 Å². The van der Waals surface area contributed by atoms with Gasteiger partial charge in [0.15, 0.2) is 0 Å². The summed E-state index contributed by atoms with van der Waals surface area (Å²) in [4.78, 5) is 2.72. The Morgan fingerprint density at radius 2 is 2.58 bits per heavy atom. The quantitative estimate of drug-likeness (QED) is 0.288. The number of azide groups is 1. The maximum absolute atomic E-state index is 8.22. The summed E-state index contributed by atoms with van der Waals surface area (Å²) < 4.78 is 5.08. The Morgan fingerprint density at radius 1 is 1.83 bits per heavy atom. The van der Waals surface area contributed by atoms with Crippen LogP contribution in [0.25, 0.3) is 10.4 Å². The van der Waals surface area contributed by atoms with Crippen molar-refractivity contribution < 1.29 is 4.42 Å². The van der Waals surface area contributed by atoms with Crippen LogP contribution in [-0.4, -0.2) is 7.85 Å². The maximum Gasteiger partial charge on any atom is 0.118 e. The number of nitrogens with zero attached hydrogens (tertiary/aromatic N) is 3. The Bertz CT molecular complexity index is 303. The van der Waals surface area contributed by atoms with Crippen molar-refractivity contribution >= 4 is 13.3 Å². The SMILES string of the molecule is [B]c1coc(C(CC)N=[N+]=[N-])c1. The predicted molar refractivity (Wildman–Crippen MR) is 46.3 cm³/mol. The second-order valence-electron chi connectivity index (χ2n) is 2.41. The normalized spacial score (nSPS) is 12.1. The summed E-state index contributed by atoms with van der Waals surface area (Å²) in [6.07, 6.45) is 2.14. The molecular formula is C7H8BN3O. The van der Waals surface area contributed by atoms with Crippen molar-refractivity contribution in [2.24, 2.45) is 5.11 Å². The number of hydrogen-bond donors (Lipinski definition) is 0. The Labute approximate surface area is 71.6 Å². The minimum absolute atomic E-state index is 0.243. The van der Waals surface area contributed by atoms with E-state index in [1.54, 1.807) is 6.07 Å². The van der Waals surface area contributed by atoms with Gasteiger partial charge in [-0.15, -0.1) is 0 Å². The van der Waals surface area contributed by atoms with Gasteiger partial charge < -0.3 is 4.42 Å². The van der Waals surface area contributed by atoms with E-state index in [2.05, 4.69) is 10.0 Å². The van der Waals surface area contributed by atoms with Crippen LogP contribution in [0.4, 0.5) is 0 Å². The summed E-state index contributed by atoms with van der Waals surface area (Å²) in [6.45, 7) is 1.91. The van der Waals surface area contributed by atoms with E-state index in [9.17, 15) is 0 Å². The molecule has 0 amide bonds. The highest BCUT2D eigenvalue weighted by Gasteiger charge is 2.09. The standard InChI is InChI=1S/C7H8BN3O/c1-2-6(10-11-9)7-3-5(8)4-12-7/h3-4,6H,2H2,1H3. The van der Waals surface area contributed by atoms with Gasteiger partial charge in [0.05, 0.1) is 12.3 Å². The molecule has 0 aliphatic heterocycles. The minimum atomic E-state index is -0.243. The first-order chi connectivity index (χ1) is 5.77. The molecule has 1 heterocycles. The Morgan fingerprint density at radius 3 is 3.00 bits per heavy atom. The lowest BCUT2D eigenvalue weighted by molar-refractivity contribution is 0.460. The van der Waals surface area contributed by atoms with Crippen LogP contribution >= 0.6 is 0 Å². The molecule has 12 heavy (non-hydrogen) atoms. The van der Waals surface area contributed by atoms with Gasteiger partial charge >= 0.3 is 0 Å². The van der Waals surface area contributed by atoms with Crippen LogP contribution in [-0.2, 0) is 0 Å². The molecule has 60 valence electrons. The van der Waals surface area contributed by atoms with Crippen molar-refractivity contribution in [3.63, 3.8) is 0 Å². The van der Waals surface area contributed by atoms with Crippen LogP contribution in [0.2, 0.25) is 0 Å². The van der Waals surface area contributed by atoms with E-state index >= 15 is 0 Å². The molecule has 0 saturated heterocycles. The number of hydrogen-bond acceptors (Lipinski definition) is 2. The fourth-order valence-corrected chi connectivity index (χ4v) is 0.945. The van der Waals surface area contributed by atoms with E-state index in [-0.39, 0.29) is 6.04 Å². The molecule has 4 nitrogen and oxygen atoms in total. The van der Waals surface area contributed by atoms with Gasteiger partial charge in [0.2, 0.25) is 0 Å². The van der Waals surface area contributed by atoms with Crippen LogP contribution in [0.3, 0.4) is 0 Å². The second kappa shape index (κ2) is 3.88. The van der Waals surface area contributed by atoms with Gasteiger partial charge in [-0.25, -0.2) is 0 Å².